The summed E-state index contributed by atoms with van der Waals surface area (Å²) in [7, 11) is 0. The van der Waals surface area contributed by atoms with Crippen LogP contribution in [0.3, 0.4) is 0 Å². The highest BCUT2D eigenvalue weighted by atomic mass is 35.5. The number of nitrogens with zero attached hydrogens (tertiary/aromatic N) is 2. The van der Waals surface area contributed by atoms with E-state index in [4.69, 9.17) is 11.6 Å². The van der Waals surface area contributed by atoms with Crippen LogP contribution in [0, 0.1) is 13.8 Å². The van der Waals surface area contributed by atoms with Crippen LogP contribution in [0.5, 0.6) is 0 Å². The molecule has 3 heteroatoms. The number of aryl methyl sites for hydroxylation is 1. The van der Waals surface area contributed by atoms with Crippen LogP contribution in [0.4, 0.5) is 0 Å². The van der Waals surface area contributed by atoms with Gasteiger partial charge in [0.2, 0.25) is 0 Å². The van der Waals surface area contributed by atoms with Crippen molar-refractivity contribution in [2.24, 2.45) is 0 Å². The Morgan fingerprint density at radius 1 is 0.950 bits per heavy atom. The highest BCUT2D eigenvalue weighted by Gasteiger charge is 2.15. The highest BCUT2D eigenvalue weighted by molar-refractivity contribution is 6.31. The second-order valence-electron chi connectivity index (χ2n) is 4.88. The van der Waals surface area contributed by atoms with Crippen LogP contribution in [-0.4, -0.2) is 9.78 Å². The minimum Gasteiger partial charge on any atom is -0.221 e. The normalized spacial score (nSPS) is 10.8. The topological polar surface area (TPSA) is 17.8 Å². The molecule has 0 bridgehead atoms. The molecule has 2 nitrogen and oxygen atoms in total. The van der Waals surface area contributed by atoms with Gasteiger partial charge in [-0.1, -0.05) is 54.1 Å². The summed E-state index contributed by atoms with van der Waals surface area (Å²) >= 11 is 6.45. The van der Waals surface area contributed by atoms with Gasteiger partial charge in [-0.25, -0.2) is 4.68 Å². The van der Waals surface area contributed by atoms with Gasteiger partial charge in [0.25, 0.3) is 0 Å². The molecule has 0 aliphatic rings. The average Bonchev–Trinajstić information content (AvgIpc) is 2.76. The van der Waals surface area contributed by atoms with E-state index in [0.29, 0.717) is 5.15 Å². The molecular weight excluding hydrogens is 268 g/mol. The maximum absolute atomic E-state index is 6.45. The second kappa shape index (κ2) is 5.14. The van der Waals surface area contributed by atoms with E-state index in [2.05, 4.69) is 24.2 Å². The van der Waals surface area contributed by atoms with Gasteiger partial charge in [-0.15, -0.1) is 0 Å². The van der Waals surface area contributed by atoms with Gasteiger partial charge in [-0.2, -0.15) is 5.10 Å². The van der Waals surface area contributed by atoms with Gasteiger partial charge in [0.15, 0.2) is 0 Å². The Balaban J connectivity index is 2.16. The number of benzene rings is 2. The number of aromatic nitrogens is 2. The quantitative estimate of drug-likeness (QED) is 0.659. The monoisotopic (exact) mass is 282 g/mol. The Bertz CT molecular complexity index is 745. The lowest BCUT2D eigenvalue weighted by atomic mass is 10.1. The first-order valence-corrected chi connectivity index (χ1v) is 6.92. The number of hydrogen-bond donors (Lipinski definition) is 0. The van der Waals surface area contributed by atoms with Crippen molar-refractivity contribution in [2.75, 3.05) is 0 Å². The van der Waals surface area contributed by atoms with Crippen molar-refractivity contribution in [1.82, 2.24) is 9.78 Å². The molecule has 0 atom stereocenters. The SMILES string of the molecule is Cc1cccc(-n2nc(-c3ccccc3)c(C)c2Cl)c1. The van der Waals surface area contributed by atoms with Gasteiger partial charge in [-0.05, 0) is 31.5 Å². The fourth-order valence-corrected chi connectivity index (χ4v) is 2.50. The van der Waals surface area contributed by atoms with Crippen LogP contribution >= 0.6 is 11.6 Å². The summed E-state index contributed by atoms with van der Waals surface area (Å²) in [6, 6.07) is 18.3. The van der Waals surface area contributed by atoms with Crippen molar-refractivity contribution in [3.8, 4) is 16.9 Å². The van der Waals surface area contributed by atoms with Gasteiger partial charge >= 0.3 is 0 Å². The van der Waals surface area contributed by atoms with E-state index in [1.165, 1.54) is 5.56 Å². The molecule has 0 unspecified atom stereocenters. The first-order chi connectivity index (χ1) is 9.66. The zero-order valence-electron chi connectivity index (χ0n) is 11.5. The van der Waals surface area contributed by atoms with Crippen LogP contribution in [0.1, 0.15) is 11.1 Å². The lowest BCUT2D eigenvalue weighted by molar-refractivity contribution is 0.883. The fraction of sp³-hybridized carbons (Fsp3) is 0.118. The molecule has 3 aromatic rings. The van der Waals surface area contributed by atoms with E-state index in [1.807, 2.05) is 49.4 Å². The third-order valence-electron chi connectivity index (χ3n) is 3.34. The zero-order chi connectivity index (χ0) is 14.1. The summed E-state index contributed by atoms with van der Waals surface area (Å²) in [5.41, 5.74) is 5.18. The minimum atomic E-state index is 0.662. The number of rotatable bonds is 2. The van der Waals surface area contributed by atoms with E-state index in [-0.39, 0.29) is 0 Å². The van der Waals surface area contributed by atoms with Crippen LogP contribution < -0.4 is 0 Å². The molecule has 2 aromatic carbocycles. The molecule has 100 valence electrons. The minimum absolute atomic E-state index is 0.662. The van der Waals surface area contributed by atoms with Gasteiger partial charge < -0.3 is 0 Å². The first kappa shape index (κ1) is 12.9. The molecule has 0 N–H and O–H groups in total. The molecule has 0 spiro atoms. The molecule has 0 amide bonds. The smallest absolute Gasteiger partial charge is 0.136 e. The van der Waals surface area contributed by atoms with Crippen molar-refractivity contribution < 1.29 is 0 Å². The van der Waals surface area contributed by atoms with Crippen molar-refractivity contribution in [2.45, 2.75) is 13.8 Å². The fourth-order valence-electron chi connectivity index (χ4n) is 2.28. The van der Waals surface area contributed by atoms with Crippen molar-refractivity contribution >= 4 is 11.6 Å². The predicted octanol–water partition coefficient (Wildman–Crippen LogP) is 4.81. The van der Waals surface area contributed by atoms with Crippen LogP contribution in [-0.2, 0) is 0 Å². The Labute approximate surface area is 123 Å². The van der Waals surface area contributed by atoms with Crippen molar-refractivity contribution in [3.63, 3.8) is 0 Å². The molecule has 0 fully saturated rings. The standard InChI is InChI=1S/C17H15ClN2/c1-12-7-6-10-15(11-12)20-17(18)13(2)16(19-20)14-8-4-3-5-9-14/h3-11H,1-2H3. The second-order valence-corrected chi connectivity index (χ2v) is 5.24. The van der Waals surface area contributed by atoms with Gasteiger partial charge in [-0.3, -0.25) is 0 Å². The molecule has 0 aliphatic carbocycles. The van der Waals surface area contributed by atoms with Gasteiger partial charge in [0.05, 0.1) is 11.4 Å². The van der Waals surface area contributed by atoms with E-state index in [9.17, 15) is 0 Å². The first-order valence-electron chi connectivity index (χ1n) is 6.54. The molecule has 20 heavy (non-hydrogen) atoms. The van der Waals surface area contributed by atoms with Crippen molar-refractivity contribution in [1.29, 1.82) is 0 Å². The molecule has 1 aromatic heterocycles. The summed E-state index contributed by atoms with van der Waals surface area (Å²) in [6.45, 7) is 4.07. The molecule has 0 saturated heterocycles. The third kappa shape index (κ3) is 2.23. The number of hydrogen-bond acceptors (Lipinski definition) is 1. The lowest BCUT2D eigenvalue weighted by Crippen LogP contribution is -1.97. The molecule has 0 aliphatic heterocycles. The largest absolute Gasteiger partial charge is 0.221 e. The summed E-state index contributed by atoms with van der Waals surface area (Å²) < 4.78 is 1.80. The van der Waals surface area contributed by atoms with Gasteiger partial charge in [0, 0.05) is 11.1 Å². The molecule has 1 heterocycles. The molecular formula is C17H15ClN2. The summed E-state index contributed by atoms with van der Waals surface area (Å²) in [5.74, 6) is 0. The van der Waals surface area contributed by atoms with E-state index in [0.717, 1.165) is 22.5 Å². The maximum atomic E-state index is 6.45. The predicted molar refractivity (Wildman–Crippen MR) is 83.5 cm³/mol. The van der Waals surface area contributed by atoms with E-state index in [1.54, 1.807) is 4.68 Å². The van der Waals surface area contributed by atoms with E-state index >= 15 is 0 Å². The summed E-state index contributed by atoms with van der Waals surface area (Å²) in [5, 5.41) is 5.34. The zero-order valence-corrected chi connectivity index (χ0v) is 12.2. The summed E-state index contributed by atoms with van der Waals surface area (Å²) in [4.78, 5) is 0. The lowest BCUT2D eigenvalue weighted by Gasteiger charge is -2.03. The molecule has 3 rings (SSSR count). The maximum Gasteiger partial charge on any atom is 0.136 e. The van der Waals surface area contributed by atoms with Crippen molar-refractivity contribution in [3.05, 3.63) is 70.9 Å². The Kier molecular flexibility index (Phi) is 3.33. The average molecular weight is 283 g/mol. The Hall–Kier alpha value is -2.06. The van der Waals surface area contributed by atoms with Crippen LogP contribution in [0.25, 0.3) is 16.9 Å². The van der Waals surface area contributed by atoms with E-state index < -0.39 is 0 Å². The van der Waals surface area contributed by atoms with Gasteiger partial charge in [0.1, 0.15) is 5.15 Å². The molecule has 0 radical (unpaired) electrons. The highest BCUT2D eigenvalue weighted by Crippen LogP contribution is 2.29. The Morgan fingerprint density at radius 3 is 2.40 bits per heavy atom. The summed E-state index contributed by atoms with van der Waals surface area (Å²) in [6.07, 6.45) is 0. The van der Waals surface area contributed by atoms with Crippen LogP contribution in [0.2, 0.25) is 5.15 Å². The Morgan fingerprint density at radius 2 is 1.70 bits per heavy atom. The third-order valence-corrected chi connectivity index (χ3v) is 3.79. The number of halogens is 1. The van der Waals surface area contributed by atoms with Crippen LogP contribution in [0.15, 0.2) is 54.6 Å². The molecule has 0 saturated carbocycles.